The van der Waals surface area contributed by atoms with Crippen LogP contribution in [0.4, 0.5) is 5.69 Å². The molecule has 0 aliphatic carbocycles. The minimum atomic E-state index is -4.16. The van der Waals surface area contributed by atoms with Gasteiger partial charge >= 0.3 is 0 Å². The van der Waals surface area contributed by atoms with Crippen LogP contribution in [-0.2, 0) is 26.2 Å². The van der Waals surface area contributed by atoms with Crippen molar-refractivity contribution >= 4 is 39.1 Å². The van der Waals surface area contributed by atoms with Crippen molar-refractivity contribution in [1.82, 2.24) is 10.2 Å². The van der Waals surface area contributed by atoms with Crippen molar-refractivity contribution in [2.24, 2.45) is 0 Å². The molecular weight excluding hydrogens is 558 g/mol. The molecule has 0 saturated carbocycles. The molecule has 7 nitrogen and oxygen atoms in total. The summed E-state index contributed by atoms with van der Waals surface area (Å²) in [7, 11) is -4.16. The second-order valence-corrected chi connectivity index (χ2v) is 12.8. The number of hydrogen-bond donors (Lipinski definition) is 1. The zero-order chi connectivity index (χ0) is 30.3. The van der Waals surface area contributed by atoms with Crippen molar-refractivity contribution in [2.45, 2.75) is 77.9 Å². The van der Waals surface area contributed by atoms with Crippen molar-refractivity contribution in [3.63, 3.8) is 0 Å². The zero-order valence-corrected chi connectivity index (χ0v) is 26.2. The summed E-state index contributed by atoms with van der Waals surface area (Å²) in [6, 6.07) is 18.0. The number of rotatable bonds is 12. The topological polar surface area (TPSA) is 86.8 Å². The second kappa shape index (κ2) is 14.0. The third kappa shape index (κ3) is 8.11. The fraction of sp³-hybridized carbons (Fsp3) is 0.375. The Morgan fingerprint density at radius 2 is 1.51 bits per heavy atom. The van der Waals surface area contributed by atoms with E-state index >= 15 is 0 Å². The van der Waals surface area contributed by atoms with Gasteiger partial charge in [-0.05, 0) is 93.6 Å². The molecule has 2 atom stereocenters. The summed E-state index contributed by atoms with van der Waals surface area (Å²) < 4.78 is 29.1. The van der Waals surface area contributed by atoms with Gasteiger partial charge < -0.3 is 10.2 Å². The molecular formula is C32H40ClN3O4S. The molecule has 0 fully saturated rings. The highest BCUT2D eigenvalue weighted by molar-refractivity contribution is 7.92. The highest BCUT2D eigenvalue weighted by Crippen LogP contribution is 2.27. The normalized spacial score (nSPS) is 12.9. The first-order chi connectivity index (χ1) is 19.4. The molecule has 2 unspecified atom stereocenters. The number of carbonyl (C=O) groups is 2. The molecule has 0 heterocycles. The van der Waals surface area contributed by atoms with E-state index in [2.05, 4.69) is 5.32 Å². The third-order valence-corrected chi connectivity index (χ3v) is 9.36. The summed E-state index contributed by atoms with van der Waals surface area (Å²) in [6.45, 7) is 11.2. The summed E-state index contributed by atoms with van der Waals surface area (Å²) >= 11 is 6.03. The van der Waals surface area contributed by atoms with Crippen molar-refractivity contribution in [3.8, 4) is 0 Å². The van der Waals surface area contributed by atoms with Gasteiger partial charge in [0.25, 0.3) is 10.0 Å². The SMILES string of the molecule is CCC(C)NC(=O)C(CC)N(Cc1ccc(C)cc1)C(=O)CN(c1ccc(C)c(C)c1)S(=O)(=O)c1ccc(Cl)cc1. The fourth-order valence-corrected chi connectivity index (χ4v) is 5.93. The molecule has 3 rings (SSSR count). The van der Waals surface area contributed by atoms with E-state index in [0.29, 0.717) is 17.1 Å². The molecule has 3 aromatic carbocycles. The molecule has 220 valence electrons. The summed E-state index contributed by atoms with van der Waals surface area (Å²) in [6.07, 6.45) is 1.11. The summed E-state index contributed by atoms with van der Waals surface area (Å²) in [4.78, 5) is 29.0. The van der Waals surface area contributed by atoms with Crippen LogP contribution in [0.1, 0.15) is 55.9 Å². The molecule has 41 heavy (non-hydrogen) atoms. The van der Waals surface area contributed by atoms with Gasteiger partial charge in [0.2, 0.25) is 11.8 Å². The molecule has 2 amide bonds. The third-order valence-electron chi connectivity index (χ3n) is 7.32. The lowest BCUT2D eigenvalue weighted by Gasteiger charge is -2.34. The molecule has 9 heteroatoms. The maximum Gasteiger partial charge on any atom is 0.264 e. The number of amides is 2. The predicted molar refractivity (Wildman–Crippen MR) is 166 cm³/mol. The van der Waals surface area contributed by atoms with Crippen LogP contribution in [0.3, 0.4) is 0 Å². The van der Waals surface area contributed by atoms with E-state index in [4.69, 9.17) is 11.6 Å². The fourth-order valence-electron chi connectivity index (χ4n) is 4.39. The zero-order valence-electron chi connectivity index (χ0n) is 24.6. The number of nitrogens with one attached hydrogen (secondary N) is 1. The lowest BCUT2D eigenvalue weighted by molar-refractivity contribution is -0.140. The Bertz CT molecular complexity index is 1460. The lowest BCUT2D eigenvalue weighted by Crippen LogP contribution is -2.53. The van der Waals surface area contributed by atoms with Crippen LogP contribution < -0.4 is 9.62 Å². The van der Waals surface area contributed by atoms with Gasteiger partial charge in [0.1, 0.15) is 12.6 Å². The average molecular weight is 598 g/mol. The molecule has 0 radical (unpaired) electrons. The molecule has 0 saturated heterocycles. The highest BCUT2D eigenvalue weighted by atomic mass is 35.5. The van der Waals surface area contributed by atoms with E-state index < -0.39 is 28.5 Å². The van der Waals surface area contributed by atoms with Crippen LogP contribution in [0.5, 0.6) is 0 Å². The predicted octanol–water partition coefficient (Wildman–Crippen LogP) is 6.18. The molecule has 0 aliphatic rings. The maximum absolute atomic E-state index is 14.2. The Morgan fingerprint density at radius 1 is 0.878 bits per heavy atom. The van der Waals surface area contributed by atoms with Gasteiger partial charge in [-0.25, -0.2) is 8.42 Å². The van der Waals surface area contributed by atoms with Crippen LogP contribution in [0, 0.1) is 20.8 Å². The number of benzene rings is 3. The molecule has 0 aromatic heterocycles. The number of hydrogen-bond acceptors (Lipinski definition) is 4. The van der Waals surface area contributed by atoms with Gasteiger partial charge in [-0.3, -0.25) is 13.9 Å². The van der Waals surface area contributed by atoms with Crippen molar-refractivity contribution < 1.29 is 18.0 Å². The van der Waals surface area contributed by atoms with Crippen LogP contribution >= 0.6 is 11.6 Å². The smallest absolute Gasteiger partial charge is 0.264 e. The van der Waals surface area contributed by atoms with E-state index in [9.17, 15) is 18.0 Å². The van der Waals surface area contributed by atoms with Crippen LogP contribution in [0.25, 0.3) is 0 Å². The minimum Gasteiger partial charge on any atom is -0.352 e. The highest BCUT2D eigenvalue weighted by Gasteiger charge is 2.34. The summed E-state index contributed by atoms with van der Waals surface area (Å²) in [5, 5.41) is 3.40. The van der Waals surface area contributed by atoms with Crippen molar-refractivity contribution in [2.75, 3.05) is 10.8 Å². The van der Waals surface area contributed by atoms with E-state index in [0.717, 1.165) is 33.0 Å². The number of sulfonamides is 1. The first-order valence-electron chi connectivity index (χ1n) is 13.9. The van der Waals surface area contributed by atoms with Gasteiger partial charge in [-0.2, -0.15) is 0 Å². The monoisotopic (exact) mass is 597 g/mol. The molecule has 0 spiro atoms. The largest absolute Gasteiger partial charge is 0.352 e. The molecule has 3 aromatic rings. The first-order valence-corrected chi connectivity index (χ1v) is 15.7. The average Bonchev–Trinajstić information content (AvgIpc) is 2.94. The van der Waals surface area contributed by atoms with Crippen LogP contribution in [0.15, 0.2) is 71.6 Å². The maximum atomic E-state index is 14.2. The van der Waals surface area contributed by atoms with Crippen LogP contribution in [0.2, 0.25) is 5.02 Å². The standard InChI is InChI=1S/C32H40ClN3O4S/c1-7-25(6)34-32(38)30(8-2)35(20-26-12-9-22(3)10-13-26)31(37)21-36(28-16-11-23(4)24(5)19-28)41(39,40)29-17-14-27(33)15-18-29/h9-19,25,30H,7-8,20-21H2,1-6H3,(H,34,38). The molecule has 0 bridgehead atoms. The Labute approximate surface area is 249 Å². The summed E-state index contributed by atoms with van der Waals surface area (Å²) in [5.41, 5.74) is 4.17. The Morgan fingerprint density at radius 3 is 2.07 bits per heavy atom. The van der Waals surface area contributed by atoms with Gasteiger partial charge in [-0.15, -0.1) is 0 Å². The first kappa shape index (κ1) is 32.2. The van der Waals surface area contributed by atoms with Crippen LogP contribution in [-0.4, -0.2) is 43.8 Å². The Balaban J connectivity index is 2.08. The van der Waals surface area contributed by atoms with Gasteiger partial charge in [-0.1, -0.05) is 61.3 Å². The van der Waals surface area contributed by atoms with E-state index in [1.54, 1.807) is 12.1 Å². The number of nitrogens with zero attached hydrogens (tertiary/aromatic N) is 2. The van der Waals surface area contributed by atoms with Crippen molar-refractivity contribution in [3.05, 3.63) is 94.0 Å². The minimum absolute atomic E-state index is 0.0135. The van der Waals surface area contributed by atoms with Gasteiger partial charge in [0, 0.05) is 17.6 Å². The Kier molecular flexibility index (Phi) is 11.0. The quantitative estimate of drug-likeness (QED) is 0.270. The Hall–Kier alpha value is -3.36. The van der Waals surface area contributed by atoms with Gasteiger partial charge in [0.05, 0.1) is 10.6 Å². The number of aryl methyl sites for hydroxylation is 3. The second-order valence-electron chi connectivity index (χ2n) is 10.5. The number of carbonyl (C=O) groups excluding carboxylic acids is 2. The lowest BCUT2D eigenvalue weighted by atomic mass is 10.1. The number of anilines is 1. The number of halogens is 1. The van der Waals surface area contributed by atoms with E-state index in [1.165, 1.54) is 29.2 Å². The summed E-state index contributed by atoms with van der Waals surface area (Å²) in [5.74, 6) is -0.743. The van der Waals surface area contributed by atoms with Crippen molar-refractivity contribution in [1.29, 1.82) is 0 Å². The van der Waals surface area contributed by atoms with E-state index in [1.807, 2.05) is 71.9 Å². The molecule has 0 aliphatic heterocycles. The van der Waals surface area contributed by atoms with Gasteiger partial charge in [0.15, 0.2) is 0 Å². The van der Waals surface area contributed by atoms with E-state index in [-0.39, 0.29) is 23.4 Å². The molecule has 1 N–H and O–H groups in total.